The topological polar surface area (TPSA) is 129 Å². The largest absolute Gasteiger partial charge is 0.462 e. The Morgan fingerprint density at radius 2 is 1.34 bits per heavy atom. The van der Waals surface area contributed by atoms with Crippen LogP contribution in [0, 0.1) is 0 Å². The number of carbonyl (C=O) groups is 5. The van der Waals surface area contributed by atoms with Gasteiger partial charge in [-0.05, 0) is 13.8 Å². The fourth-order valence-electron chi connectivity index (χ4n) is 2.70. The average molecular weight is 412 g/mol. The second-order valence-corrected chi connectivity index (χ2v) is 6.41. The van der Waals surface area contributed by atoms with Crippen molar-refractivity contribution in [1.82, 2.24) is 9.80 Å². The highest BCUT2D eigenvalue weighted by atomic mass is 16.6. The molecule has 160 valence electrons. The summed E-state index contributed by atoms with van der Waals surface area (Å²) < 4.78 is 19.8. The molecule has 29 heavy (non-hydrogen) atoms. The number of hydrogen-bond donors (Lipinski definition) is 0. The third kappa shape index (κ3) is 6.86. The minimum Gasteiger partial charge on any atom is -0.462 e. The zero-order valence-electron chi connectivity index (χ0n) is 16.3. The molecule has 2 aliphatic heterocycles. The van der Waals surface area contributed by atoms with Crippen LogP contribution in [0.2, 0.25) is 0 Å². The van der Waals surface area contributed by atoms with E-state index in [-0.39, 0.29) is 25.6 Å². The molecule has 2 amide bonds. The van der Waals surface area contributed by atoms with Crippen molar-refractivity contribution in [3.8, 4) is 0 Å². The Morgan fingerprint density at radius 1 is 0.862 bits per heavy atom. The molecule has 2 aliphatic rings. The standard InChI is InChI=1S/C18H24N2O9/c1-12(17(24)19-5-8-26-9-6-19)28-14(21)3-4-15(22)29-13(2)18(25)20-7-10-27-16(23)11-20/h3-4,12-13H,5-11H2,1-2H3/b4-3+/t12-,13-/m0/s1. The van der Waals surface area contributed by atoms with Crippen molar-refractivity contribution in [3.05, 3.63) is 12.2 Å². The molecule has 2 atom stereocenters. The van der Waals surface area contributed by atoms with Crippen LogP contribution in [-0.4, -0.2) is 97.7 Å². The van der Waals surface area contributed by atoms with Gasteiger partial charge < -0.3 is 28.7 Å². The van der Waals surface area contributed by atoms with Crippen LogP contribution in [0.4, 0.5) is 0 Å². The molecule has 0 aromatic rings. The highest BCUT2D eigenvalue weighted by Gasteiger charge is 2.28. The Morgan fingerprint density at radius 3 is 1.86 bits per heavy atom. The van der Waals surface area contributed by atoms with Crippen molar-refractivity contribution in [2.45, 2.75) is 26.1 Å². The van der Waals surface area contributed by atoms with E-state index < -0.39 is 36.0 Å². The van der Waals surface area contributed by atoms with Gasteiger partial charge in [0.1, 0.15) is 13.2 Å². The van der Waals surface area contributed by atoms with Crippen LogP contribution in [-0.2, 0) is 42.9 Å². The second-order valence-electron chi connectivity index (χ2n) is 6.41. The van der Waals surface area contributed by atoms with Crippen LogP contribution < -0.4 is 0 Å². The first-order chi connectivity index (χ1) is 13.8. The van der Waals surface area contributed by atoms with Gasteiger partial charge in [0.05, 0.1) is 19.8 Å². The summed E-state index contributed by atoms with van der Waals surface area (Å²) in [4.78, 5) is 61.9. The third-order valence-electron chi connectivity index (χ3n) is 4.22. The molecule has 2 heterocycles. The Bertz CT molecular complexity index is 685. The van der Waals surface area contributed by atoms with Gasteiger partial charge in [-0.25, -0.2) is 9.59 Å². The first-order valence-electron chi connectivity index (χ1n) is 9.18. The molecule has 0 radical (unpaired) electrons. The van der Waals surface area contributed by atoms with E-state index in [4.69, 9.17) is 18.9 Å². The SMILES string of the molecule is C[C@H](OC(=O)/C=C/C(=O)O[C@@H](C)C(=O)N1CCOC(=O)C1)C(=O)N1CCOCC1. The summed E-state index contributed by atoms with van der Waals surface area (Å²) in [5.41, 5.74) is 0. The summed E-state index contributed by atoms with van der Waals surface area (Å²) in [6.45, 7) is 4.57. The average Bonchev–Trinajstić information content (AvgIpc) is 2.71. The number of amides is 2. The molecule has 0 spiro atoms. The van der Waals surface area contributed by atoms with Crippen molar-refractivity contribution in [2.75, 3.05) is 46.0 Å². The van der Waals surface area contributed by atoms with Crippen LogP contribution in [0.15, 0.2) is 12.2 Å². The van der Waals surface area contributed by atoms with Gasteiger partial charge in [-0.1, -0.05) is 0 Å². The number of ether oxygens (including phenoxy) is 4. The number of nitrogens with zero attached hydrogens (tertiary/aromatic N) is 2. The smallest absolute Gasteiger partial charge is 0.331 e. The molecule has 11 nitrogen and oxygen atoms in total. The minimum atomic E-state index is -1.14. The van der Waals surface area contributed by atoms with Gasteiger partial charge in [-0.15, -0.1) is 0 Å². The Hall–Kier alpha value is -2.95. The minimum absolute atomic E-state index is 0.0817. The zero-order valence-corrected chi connectivity index (χ0v) is 16.3. The first-order valence-corrected chi connectivity index (χ1v) is 9.18. The predicted molar refractivity (Wildman–Crippen MR) is 95.2 cm³/mol. The lowest BCUT2D eigenvalue weighted by atomic mass is 10.3. The van der Waals surface area contributed by atoms with E-state index in [1.807, 2.05) is 0 Å². The van der Waals surface area contributed by atoms with Gasteiger partial charge >= 0.3 is 17.9 Å². The van der Waals surface area contributed by atoms with Gasteiger partial charge in [-0.2, -0.15) is 0 Å². The zero-order chi connectivity index (χ0) is 21.4. The highest BCUT2D eigenvalue weighted by molar-refractivity contribution is 5.94. The first kappa shape index (κ1) is 22.3. The number of rotatable bonds is 6. The number of carbonyl (C=O) groups excluding carboxylic acids is 5. The van der Waals surface area contributed by atoms with Crippen molar-refractivity contribution in [2.24, 2.45) is 0 Å². The molecule has 0 N–H and O–H groups in total. The van der Waals surface area contributed by atoms with Gasteiger partial charge in [-0.3, -0.25) is 14.4 Å². The molecular formula is C18H24N2O9. The van der Waals surface area contributed by atoms with Crippen molar-refractivity contribution < 1.29 is 42.9 Å². The van der Waals surface area contributed by atoms with Crippen molar-refractivity contribution in [1.29, 1.82) is 0 Å². The van der Waals surface area contributed by atoms with Gasteiger partial charge in [0, 0.05) is 25.2 Å². The number of morpholine rings is 2. The van der Waals surface area contributed by atoms with Gasteiger partial charge in [0.25, 0.3) is 11.8 Å². The van der Waals surface area contributed by atoms with E-state index in [0.717, 1.165) is 12.2 Å². The molecule has 0 aromatic carbocycles. The quantitative estimate of drug-likeness (QED) is 0.295. The van der Waals surface area contributed by atoms with E-state index in [0.29, 0.717) is 26.3 Å². The Balaban J connectivity index is 1.76. The molecule has 2 fully saturated rings. The van der Waals surface area contributed by atoms with E-state index >= 15 is 0 Å². The molecule has 0 bridgehead atoms. The maximum absolute atomic E-state index is 12.2. The molecule has 0 aliphatic carbocycles. The van der Waals surface area contributed by atoms with E-state index in [2.05, 4.69) is 0 Å². The lowest BCUT2D eigenvalue weighted by molar-refractivity contribution is -0.163. The molecule has 0 saturated carbocycles. The molecular weight excluding hydrogens is 388 g/mol. The Kier molecular flexibility index (Phi) is 8.13. The summed E-state index contributed by atoms with van der Waals surface area (Å²) in [6, 6.07) is 0. The predicted octanol–water partition coefficient (Wildman–Crippen LogP) is -1.35. The summed E-state index contributed by atoms with van der Waals surface area (Å²) in [5, 5.41) is 0. The Labute approximate surface area is 167 Å². The number of hydrogen-bond acceptors (Lipinski definition) is 9. The van der Waals surface area contributed by atoms with E-state index in [9.17, 15) is 24.0 Å². The normalized spacial score (nSPS) is 19.3. The summed E-state index contributed by atoms with van der Waals surface area (Å²) in [6.07, 6.45) is -0.528. The number of esters is 3. The second kappa shape index (κ2) is 10.6. The maximum Gasteiger partial charge on any atom is 0.331 e. The summed E-state index contributed by atoms with van der Waals surface area (Å²) in [7, 11) is 0. The van der Waals surface area contributed by atoms with Gasteiger partial charge in [0.15, 0.2) is 12.2 Å². The molecule has 2 saturated heterocycles. The van der Waals surface area contributed by atoms with E-state index in [1.165, 1.54) is 23.6 Å². The highest BCUT2D eigenvalue weighted by Crippen LogP contribution is 2.06. The molecule has 0 aromatic heterocycles. The fourth-order valence-corrected chi connectivity index (χ4v) is 2.70. The van der Waals surface area contributed by atoms with Crippen molar-refractivity contribution in [3.63, 3.8) is 0 Å². The van der Waals surface area contributed by atoms with Crippen LogP contribution >= 0.6 is 0 Å². The fraction of sp³-hybridized carbons (Fsp3) is 0.611. The maximum atomic E-state index is 12.2. The lowest BCUT2D eigenvalue weighted by Gasteiger charge is -2.28. The summed E-state index contributed by atoms with van der Waals surface area (Å²) in [5.74, 6) is -3.26. The molecule has 11 heteroatoms. The lowest BCUT2D eigenvalue weighted by Crippen LogP contribution is -2.47. The van der Waals surface area contributed by atoms with Crippen LogP contribution in [0.3, 0.4) is 0 Å². The third-order valence-corrected chi connectivity index (χ3v) is 4.22. The van der Waals surface area contributed by atoms with Gasteiger partial charge in [0.2, 0.25) is 0 Å². The van der Waals surface area contributed by atoms with E-state index in [1.54, 1.807) is 0 Å². The van der Waals surface area contributed by atoms with Crippen LogP contribution in [0.1, 0.15) is 13.8 Å². The van der Waals surface area contributed by atoms with Crippen LogP contribution in [0.5, 0.6) is 0 Å². The molecule has 0 unspecified atom stereocenters. The van der Waals surface area contributed by atoms with Crippen molar-refractivity contribution >= 4 is 29.7 Å². The van der Waals surface area contributed by atoms with Crippen LogP contribution in [0.25, 0.3) is 0 Å². The molecule has 2 rings (SSSR count). The summed E-state index contributed by atoms with van der Waals surface area (Å²) >= 11 is 0. The monoisotopic (exact) mass is 412 g/mol. The number of cyclic esters (lactones) is 1.